The standard InChI is InChI=1S/C17H21N3O6/c1-10(16(18)22)26-15(21)5-4-6-20-9-19-12-8-14(25-3)13(24-2)7-11(12)17(20)23/h7-10H,4-6H2,1-3H3,(H2,18,22). The maximum atomic E-state index is 12.6. The number of hydrogen-bond donors (Lipinski definition) is 1. The number of primary amides is 1. The number of benzene rings is 1. The lowest BCUT2D eigenvalue weighted by molar-refractivity contribution is -0.153. The Kier molecular flexibility index (Phi) is 6.16. The van der Waals surface area contributed by atoms with E-state index in [4.69, 9.17) is 19.9 Å². The Bertz CT molecular complexity index is 877. The van der Waals surface area contributed by atoms with E-state index in [-0.39, 0.29) is 18.5 Å². The fourth-order valence-corrected chi connectivity index (χ4v) is 2.35. The van der Waals surface area contributed by atoms with Crippen molar-refractivity contribution in [3.63, 3.8) is 0 Å². The molecule has 140 valence electrons. The molecule has 2 aromatic rings. The fourth-order valence-electron chi connectivity index (χ4n) is 2.35. The lowest BCUT2D eigenvalue weighted by Gasteiger charge is -2.11. The molecule has 0 spiro atoms. The van der Waals surface area contributed by atoms with E-state index in [0.717, 1.165) is 0 Å². The summed E-state index contributed by atoms with van der Waals surface area (Å²) < 4.78 is 16.7. The smallest absolute Gasteiger partial charge is 0.306 e. The van der Waals surface area contributed by atoms with Crippen molar-refractivity contribution in [1.29, 1.82) is 0 Å². The Morgan fingerprint density at radius 3 is 2.50 bits per heavy atom. The molecule has 0 saturated heterocycles. The van der Waals surface area contributed by atoms with Gasteiger partial charge in [0.2, 0.25) is 0 Å². The minimum Gasteiger partial charge on any atom is -0.493 e. The van der Waals surface area contributed by atoms with E-state index in [9.17, 15) is 14.4 Å². The van der Waals surface area contributed by atoms with Gasteiger partial charge < -0.3 is 19.9 Å². The van der Waals surface area contributed by atoms with Crippen LogP contribution >= 0.6 is 0 Å². The van der Waals surface area contributed by atoms with E-state index in [1.165, 1.54) is 32.0 Å². The van der Waals surface area contributed by atoms with Gasteiger partial charge in [0.05, 0.1) is 31.4 Å². The summed E-state index contributed by atoms with van der Waals surface area (Å²) in [7, 11) is 2.99. The molecule has 0 bridgehead atoms. The van der Waals surface area contributed by atoms with Crippen molar-refractivity contribution in [3.05, 3.63) is 28.8 Å². The number of esters is 1. The highest BCUT2D eigenvalue weighted by atomic mass is 16.5. The van der Waals surface area contributed by atoms with Crippen LogP contribution < -0.4 is 20.8 Å². The van der Waals surface area contributed by atoms with Crippen LogP contribution in [0.4, 0.5) is 0 Å². The largest absolute Gasteiger partial charge is 0.493 e. The number of carbonyl (C=O) groups excluding carboxylic acids is 2. The van der Waals surface area contributed by atoms with Crippen LogP contribution in [-0.4, -0.2) is 41.8 Å². The molecule has 1 unspecified atom stereocenters. The monoisotopic (exact) mass is 363 g/mol. The molecule has 1 heterocycles. The van der Waals surface area contributed by atoms with Crippen molar-refractivity contribution < 1.29 is 23.8 Å². The van der Waals surface area contributed by atoms with Gasteiger partial charge in [-0.05, 0) is 19.4 Å². The number of methoxy groups -OCH3 is 2. The molecular formula is C17H21N3O6. The van der Waals surface area contributed by atoms with Gasteiger partial charge in [0.15, 0.2) is 17.6 Å². The Balaban J connectivity index is 2.11. The molecule has 26 heavy (non-hydrogen) atoms. The Labute approximate surface area is 149 Å². The van der Waals surface area contributed by atoms with Crippen molar-refractivity contribution in [2.45, 2.75) is 32.4 Å². The second-order valence-corrected chi connectivity index (χ2v) is 5.61. The molecule has 1 amide bonds. The van der Waals surface area contributed by atoms with Crippen molar-refractivity contribution in [3.8, 4) is 11.5 Å². The number of rotatable bonds is 8. The van der Waals surface area contributed by atoms with E-state index in [1.54, 1.807) is 12.1 Å². The lowest BCUT2D eigenvalue weighted by Crippen LogP contribution is -2.30. The van der Waals surface area contributed by atoms with Crippen LogP contribution in [0, 0.1) is 0 Å². The average Bonchev–Trinajstić information content (AvgIpc) is 2.62. The second-order valence-electron chi connectivity index (χ2n) is 5.61. The number of carbonyl (C=O) groups is 2. The normalized spacial score (nSPS) is 11.8. The zero-order valence-corrected chi connectivity index (χ0v) is 14.9. The summed E-state index contributed by atoms with van der Waals surface area (Å²) in [5.74, 6) is -0.348. The first-order valence-electron chi connectivity index (χ1n) is 7.97. The zero-order chi connectivity index (χ0) is 19.3. The van der Waals surface area contributed by atoms with Crippen molar-refractivity contribution in [1.82, 2.24) is 9.55 Å². The van der Waals surface area contributed by atoms with E-state index in [0.29, 0.717) is 28.8 Å². The van der Waals surface area contributed by atoms with Gasteiger partial charge in [0.25, 0.3) is 11.5 Å². The first-order valence-corrected chi connectivity index (χ1v) is 7.97. The van der Waals surface area contributed by atoms with Gasteiger partial charge in [0.1, 0.15) is 0 Å². The highest BCUT2D eigenvalue weighted by molar-refractivity contribution is 5.82. The van der Waals surface area contributed by atoms with E-state index in [1.807, 2.05) is 0 Å². The number of ether oxygens (including phenoxy) is 3. The Morgan fingerprint density at radius 2 is 1.88 bits per heavy atom. The molecular weight excluding hydrogens is 342 g/mol. The Morgan fingerprint density at radius 1 is 1.23 bits per heavy atom. The quantitative estimate of drug-likeness (QED) is 0.682. The number of nitrogens with two attached hydrogens (primary N) is 1. The third-order valence-electron chi connectivity index (χ3n) is 3.82. The third kappa shape index (κ3) is 4.29. The predicted octanol–water partition coefficient (Wildman–Crippen LogP) is 0.611. The number of hydrogen-bond acceptors (Lipinski definition) is 7. The number of aryl methyl sites for hydroxylation is 1. The topological polar surface area (TPSA) is 123 Å². The molecule has 0 fully saturated rings. The SMILES string of the molecule is COc1cc2ncn(CCCC(=O)OC(C)C(N)=O)c(=O)c2cc1OC. The first kappa shape index (κ1) is 19.2. The summed E-state index contributed by atoms with van der Waals surface area (Å²) in [6.07, 6.45) is 0.835. The molecule has 9 nitrogen and oxygen atoms in total. The molecule has 0 aliphatic carbocycles. The van der Waals surface area contributed by atoms with E-state index in [2.05, 4.69) is 4.98 Å². The molecule has 9 heteroatoms. The molecule has 2 N–H and O–H groups in total. The van der Waals surface area contributed by atoms with Gasteiger partial charge in [-0.1, -0.05) is 0 Å². The van der Waals surface area contributed by atoms with Crippen LogP contribution in [0.15, 0.2) is 23.3 Å². The summed E-state index contributed by atoms with van der Waals surface area (Å²) in [4.78, 5) is 39.3. The zero-order valence-electron chi connectivity index (χ0n) is 14.9. The highest BCUT2D eigenvalue weighted by Crippen LogP contribution is 2.29. The first-order chi connectivity index (χ1) is 12.4. The predicted molar refractivity (Wildman–Crippen MR) is 93.1 cm³/mol. The fraction of sp³-hybridized carbons (Fsp3) is 0.412. The van der Waals surface area contributed by atoms with Gasteiger partial charge in [-0.3, -0.25) is 19.0 Å². The van der Waals surface area contributed by atoms with Gasteiger partial charge in [0, 0.05) is 19.0 Å². The van der Waals surface area contributed by atoms with E-state index < -0.39 is 18.0 Å². The molecule has 0 aliphatic rings. The molecule has 1 aromatic carbocycles. The van der Waals surface area contributed by atoms with E-state index >= 15 is 0 Å². The Hall–Kier alpha value is -3.10. The maximum Gasteiger partial charge on any atom is 0.306 e. The van der Waals surface area contributed by atoms with Crippen LogP contribution in [0.3, 0.4) is 0 Å². The van der Waals surface area contributed by atoms with Gasteiger partial charge in [-0.2, -0.15) is 0 Å². The van der Waals surface area contributed by atoms with Crippen LogP contribution in [0.1, 0.15) is 19.8 Å². The number of fused-ring (bicyclic) bond motifs is 1. The van der Waals surface area contributed by atoms with Crippen molar-refractivity contribution in [2.75, 3.05) is 14.2 Å². The van der Waals surface area contributed by atoms with Crippen LogP contribution in [-0.2, 0) is 20.9 Å². The summed E-state index contributed by atoms with van der Waals surface area (Å²) >= 11 is 0. The summed E-state index contributed by atoms with van der Waals surface area (Å²) in [6, 6.07) is 3.20. The van der Waals surface area contributed by atoms with Crippen LogP contribution in [0.25, 0.3) is 10.9 Å². The second kappa shape index (κ2) is 8.32. The molecule has 0 aliphatic heterocycles. The summed E-state index contributed by atoms with van der Waals surface area (Å²) in [5, 5.41) is 0.384. The average molecular weight is 363 g/mol. The number of aromatic nitrogens is 2. The minimum absolute atomic E-state index is 0.0496. The lowest BCUT2D eigenvalue weighted by atomic mass is 10.2. The molecule has 1 atom stereocenters. The molecule has 1 aromatic heterocycles. The molecule has 0 radical (unpaired) electrons. The minimum atomic E-state index is -0.977. The number of amides is 1. The van der Waals surface area contributed by atoms with Crippen molar-refractivity contribution >= 4 is 22.8 Å². The third-order valence-corrected chi connectivity index (χ3v) is 3.82. The van der Waals surface area contributed by atoms with Gasteiger partial charge in [-0.25, -0.2) is 4.98 Å². The number of nitrogens with zero attached hydrogens (tertiary/aromatic N) is 2. The maximum absolute atomic E-state index is 12.6. The van der Waals surface area contributed by atoms with Crippen LogP contribution in [0.2, 0.25) is 0 Å². The summed E-state index contributed by atoms with van der Waals surface area (Å²) in [6.45, 7) is 1.68. The molecule has 2 rings (SSSR count). The van der Waals surface area contributed by atoms with Gasteiger partial charge in [-0.15, -0.1) is 0 Å². The van der Waals surface area contributed by atoms with Crippen molar-refractivity contribution in [2.24, 2.45) is 5.73 Å². The summed E-state index contributed by atoms with van der Waals surface area (Å²) in [5.41, 5.74) is 5.26. The van der Waals surface area contributed by atoms with Crippen LogP contribution in [0.5, 0.6) is 11.5 Å². The molecule has 0 saturated carbocycles. The highest BCUT2D eigenvalue weighted by Gasteiger charge is 2.15. The van der Waals surface area contributed by atoms with Gasteiger partial charge >= 0.3 is 5.97 Å².